The van der Waals surface area contributed by atoms with Crippen LogP contribution in [0.25, 0.3) is 16.7 Å². The number of hydrogen-bond acceptors (Lipinski definition) is 7. The van der Waals surface area contributed by atoms with Gasteiger partial charge in [-0.05, 0) is 50.1 Å². The Labute approximate surface area is 213 Å². The molecule has 1 aromatic carbocycles. The van der Waals surface area contributed by atoms with Crippen molar-refractivity contribution in [1.82, 2.24) is 29.6 Å². The Morgan fingerprint density at radius 3 is 2.75 bits per heavy atom. The highest BCUT2D eigenvalue weighted by Gasteiger charge is 2.19. The standard InChI is InChI=1S/C26H27ClN8O/c1-3-34-8-6-19(7-9-34)30-23-12-22-20(11-21(23)27)26(36)32-24(31-22)10-17-4-5-25(29-14-17)35-15-18(13-28)16(2)33-35/h4-5,11-12,14-15,19,30H,3,6-10H2,1-2H3,(H,31,32,36). The molecule has 184 valence electrons. The molecule has 0 amide bonds. The van der Waals surface area contributed by atoms with E-state index in [-0.39, 0.29) is 5.56 Å². The summed E-state index contributed by atoms with van der Waals surface area (Å²) in [6.07, 6.45) is 5.90. The van der Waals surface area contributed by atoms with Crippen LogP contribution in [-0.4, -0.2) is 55.3 Å². The second-order valence-electron chi connectivity index (χ2n) is 9.10. The van der Waals surface area contributed by atoms with Crippen LogP contribution in [0.15, 0.2) is 41.5 Å². The van der Waals surface area contributed by atoms with Crippen LogP contribution < -0.4 is 10.9 Å². The number of fused-ring (bicyclic) bond motifs is 1. The molecule has 1 fully saturated rings. The first kappa shape index (κ1) is 24.0. The van der Waals surface area contributed by atoms with Gasteiger partial charge in [0.05, 0.1) is 39.1 Å². The number of halogens is 1. The van der Waals surface area contributed by atoms with Crippen LogP contribution in [-0.2, 0) is 6.42 Å². The number of hydrogen-bond donors (Lipinski definition) is 2. The average Bonchev–Trinajstić information content (AvgIpc) is 3.26. The number of H-pyrrole nitrogens is 1. The fraction of sp³-hybridized carbons (Fsp3) is 0.346. The third-order valence-electron chi connectivity index (χ3n) is 6.67. The number of rotatable bonds is 6. The number of likely N-dealkylation sites (tertiary alicyclic amines) is 1. The van der Waals surface area contributed by atoms with Crippen LogP contribution in [0.5, 0.6) is 0 Å². The number of aromatic amines is 1. The van der Waals surface area contributed by atoms with Gasteiger partial charge in [0.25, 0.3) is 5.56 Å². The van der Waals surface area contributed by atoms with Gasteiger partial charge in [-0.3, -0.25) is 4.79 Å². The van der Waals surface area contributed by atoms with E-state index in [9.17, 15) is 4.79 Å². The molecule has 0 spiro atoms. The summed E-state index contributed by atoms with van der Waals surface area (Å²) in [7, 11) is 0. The second-order valence-corrected chi connectivity index (χ2v) is 9.51. The van der Waals surface area contributed by atoms with Crippen molar-refractivity contribution in [3.63, 3.8) is 0 Å². The monoisotopic (exact) mass is 502 g/mol. The number of pyridine rings is 1. The van der Waals surface area contributed by atoms with Gasteiger partial charge in [-0.1, -0.05) is 24.6 Å². The largest absolute Gasteiger partial charge is 0.381 e. The molecule has 4 heterocycles. The van der Waals surface area contributed by atoms with E-state index < -0.39 is 0 Å². The van der Waals surface area contributed by atoms with Crippen molar-refractivity contribution in [2.45, 2.75) is 39.2 Å². The topological polar surface area (TPSA) is 116 Å². The molecule has 1 aliphatic heterocycles. The molecule has 0 aliphatic carbocycles. The van der Waals surface area contributed by atoms with Crippen LogP contribution in [0.1, 0.15) is 42.4 Å². The lowest BCUT2D eigenvalue weighted by molar-refractivity contribution is 0.229. The predicted molar refractivity (Wildman–Crippen MR) is 140 cm³/mol. The molecule has 1 aliphatic rings. The molecule has 0 unspecified atom stereocenters. The van der Waals surface area contributed by atoms with Crippen LogP contribution in [0.4, 0.5) is 5.69 Å². The van der Waals surface area contributed by atoms with Gasteiger partial charge in [0.1, 0.15) is 11.9 Å². The third kappa shape index (κ3) is 4.96. The van der Waals surface area contributed by atoms with Crippen LogP contribution in [0, 0.1) is 18.3 Å². The van der Waals surface area contributed by atoms with Crippen molar-refractivity contribution >= 4 is 28.2 Å². The Kier molecular flexibility index (Phi) is 6.72. The first-order valence-electron chi connectivity index (χ1n) is 12.1. The maximum absolute atomic E-state index is 12.8. The summed E-state index contributed by atoms with van der Waals surface area (Å²) in [6, 6.07) is 9.76. The molecular weight excluding hydrogens is 476 g/mol. The second kappa shape index (κ2) is 10.1. The Balaban J connectivity index is 1.36. The molecular formula is C26H27ClN8O. The normalized spacial score (nSPS) is 14.7. The summed E-state index contributed by atoms with van der Waals surface area (Å²) in [4.78, 5) is 27.3. The van der Waals surface area contributed by atoms with E-state index in [2.05, 4.69) is 38.3 Å². The Hall–Kier alpha value is -3.74. The summed E-state index contributed by atoms with van der Waals surface area (Å²) in [5.41, 5.74) is 3.24. The highest BCUT2D eigenvalue weighted by atomic mass is 35.5. The van der Waals surface area contributed by atoms with Crippen LogP contribution in [0.3, 0.4) is 0 Å². The highest BCUT2D eigenvalue weighted by molar-refractivity contribution is 6.34. The lowest BCUT2D eigenvalue weighted by Gasteiger charge is -2.32. The van der Waals surface area contributed by atoms with Gasteiger partial charge in [-0.15, -0.1) is 0 Å². The summed E-state index contributed by atoms with van der Waals surface area (Å²) in [6.45, 7) is 7.17. The molecule has 0 atom stereocenters. The molecule has 3 aromatic heterocycles. The number of nitrogens with zero attached hydrogens (tertiary/aromatic N) is 6. The van der Waals surface area contributed by atoms with Crippen molar-refractivity contribution in [2.24, 2.45) is 0 Å². The number of anilines is 1. The number of aryl methyl sites for hydroxylation is 1. The molecule has 0 saturated carbocycles. The molecule has 0 radical (unpaired) electrons. The Bertz CT molecular complexity index is 1490. The maximum atomic E-state index is 12.8. The fourth-order valence-electron chi connectivity index (χ4n) is 4.55. The van der Waals surface area contributed by atoms with Gasteiger partial charge < -0.3 is 15.2 Å². The van der Waals surface area contributed by atoms with Gasteiger partial charge in [0.2, 0.25) is 0 Å². The number of nitrogens with one attached hydrogen (secondary N) is 2. The first-order chi connectivity index (χ1) is 17.4. The van der Waals surface area contributed by atoms with E-state index in [0.29, 0.717) is 51.3 Å². The van der Waals surface area contributed by atoms with E-state index in [1.165, 1.54) is 0 Å². The van der Waals surface area contributed by atoms with Gasteiger partial charge in [0.15, 0.2) is 5.82 Å². The van der Waals surface area contributed by atoms with E-state index in [1.807, 2.05) is 18.2 Å². The van der Waals surface area contributed by atoms with Gasteiger partial charge in [0, 0.05) is 31.7 Å². The minimum Gasteiger partial charge on any atom is -0.381 e. The first-order valence-corrected chi connectivity index (χ1v) is 12.4. The zero-order chi connectivity index (χ0) is 25.2. The van der Waals surface area contributed by atoms with Crippen molar-refractivity contribution < 1.29 is 0 Å². The summed E-state index contributed by atoms with van der Waals surface area (Å²) >= 11 is 6.52. The molecule has 1 saturated heterocycles. The zero-order valence-corrected chi connectivity index (χ0v) is 21.0. The van der Waals surface area contributed by atoms with Crippen molar-refractivity contribution in [1.29, 1.82) is 5.26 Å². The minimum absolute atomic E-state index is 0.222. The Morgan fingerprint density at radius 1 is 1.28 bits per heavy atom. The molecule has 9 nitrogen and oxygen atoms in total. The molecule has 10 heteroatoms. The van der Waals surface area contributed by atoms with Gasteiger partial charge >= 0.3 is 0 Å². The molecule has 4 aromatic rings. The predicted octanol–water partition coefficient (Wildman–Crippen LogP) is 3.82. The summed E-state index contributed by atoms with van der Waals surface area (Å²) < 4.78 is 1.58. The Morgan fingerprint density at radius 2 is 2.08 bits per heavy atom. The molecule has 0 bridgehead atoms. The SMILES string of the molecule is CCN1CCC(Nc2cc3nc(Cc4ccc(-n5cc(C#N)c(C)n5)nc4)[nH]c(=O)c3cc2Cl)CC1. The average molecular weight is 503 g/mol. The van der Waals surface area contributed by atoms with Crippen molar-refractivity contribution in [3.05, 3.63) is 74.7 Å². The number of aromatic nitrogens is 5. The maximum Gasteiger partial charge on any atom is 0.258 e. The van der Waals surface area contributed by atoms with Crippen molar-refractivity contribution in [2.75, 3.05) is 25.0 Å². The molecule has 36 heavy (non-hydrogen) atoms. The molecule has 2 N–H and O–H groups in total. The summed E-state index contributed by atoms with van der Waals surface area (Å²) in [5.74, 6) is 1.16. The van der Waals surface area contributed by atoms with E-state index in [0.717, 1.165) is 43.7 Å². The number of nitriles is 1. The van der Waals surface area contributed by atoms with E-state index in [1.54, 1.807) is 30.1 Å². The minimum atomic E-state index is -0.222. The fourth-order valence-corrected chi connectivity index (χ4v) is 4.77. The zero-order valence-electron chi connectivity index (χ0n) is 20.3. The quantitative estimate of drug-likeness (QED) is 0.411. The van der Waals surface area contributed by atoms with E-state index >= 15 is 0 Å². The molecule has 5 rings (SSSR count). The third-order valence-corrected chi connectivity index (χ3v) is 6.99. The van der Waals surface area contributed by atoms with Gasteiger partial charge in [-0.25, -0.2) is 14.6 Å². The van der Waals surface area contributed by atoms with Gasteiger partial charge in [-0.2, -0.15) is 10.4 Å². The smallest absolute Gasteiger partial charge is 0.258 e. The summed E-state index contributed by atoms with van der Waals surface area (Å²) in [5, 5.41) is 18.0. The van der Waals surface area contributed by atoms with Crippen LogP contribution >= 0.6 is 11.6 Å². The van der Waals surface area contributed by atoms with E-state index in [4.69, 9.17) is 21.8 Å². The van der Waals surface area contributed by atoms with Crippen molar-refractivity contribution in [3.8, 4) is 11.9 Å². The number of benzene rings is 1. The highest BCUT2D eigenvalue weighted by Crippen LogP contribution is 2.28. The lowest BCUT2D eigenvalue weighted by atomic mass is 10.0. The van der Waals surface area contributed by atoms with Crippen LogP contribution in [0.2, 0.25) is 5.02 Å². The lowest BCUT2D eigenvalue weighted by Crippen LogP contribution is -2.38. The number of piperidine rings is 1.